The van der Waals surface area contributed by atoms with Crippen molar-refractivity contribution in [1.29, 1.82) is 0 Å². The van der Waals surface area contributed by atoms with E-state index in [-0.39, 0.29) is 11.5 Å². The fourth-order valence-electron chi connectivity index (χ4n) is 3.69. The third kappa shape index (κ3) is 4.22. The number of nitrogens with zero attached hydrogens (tertiary/aromatic N) is 1. The molecule has 1 aromatic heterocycles. The number of carbonyl (C=O) groups is 1. The molecule has 1 aliphatic rings. The number of carboxylic acid groups (broad SMARTS) is 1. The molecule has 0 fully saturated rings. The minimum absolute atomic E-state index is 0.227. The molecule has 0 amide bonds. The number of hydrogen-bond donors (Lipinski definition) is 3. The second-order valence-electron chi connectivity index (χ2n) is 7.62. The summed E-state index contributed by atoms with van der Waals surface area (Å²) in [6.45, 7) is 5.45. The molecule has 0 radical (unpaired) electrons. The number of anilines is 3. The molecule has 1 aliphatic heterocycles. The van der Waals surface area contributed by atoms with Crippen molar-refractivity contribution in [1.82, 2.24) is 4.98 Å². The van der Waals surface area contributed by atoms with Crippen molar-refractivity contribution in [3.8, 4) is 5.75 Å². The molecular formula is C24H25N3O3. The number of nitrogens with one attached hydrogen (secondary N) is 2. The Hall–Kier alpha value is -3.54. The minimum atomic E-state index is -0.964. The van der Waals surface area contributed by atoms with Gasteiger partial charge in [0.15, 0.2) is 0 Å². The average Bonchev–Trinajstić information content (AvgIpc) is 2.75. The summed E-state index contributed by atoms with van der Waals surface area (Å²) < 4.78 is 5.91. The van der Waals surface area contributed by atoms with Crippen LogP contribution in [0.1, 0.15) is 39.4 Å². The van der Waals surface area contributed by atoms with E-state index in [4.69, 9.17) is 4.74 Å². The number of aromatic carboxylic acids is 1. The Bertz CT molecular complexity index is 1080. The first-order valence-electron chi connectivity index (χ1n) is 10.0. The fourth-order valence-corrected chi connectivity index (χ4v) is 3.69. The summed E-state index contributed by atoms with van der Waals surface area (Å²) in [7, 11) is 0. The largest absolute Gasteiger partial charge is 0.493 e. The molecule has 1 atom stereocenters. The monoisotopic (exact) mass is 403 g/mol. The van der Waals surface area contributed by atoms with Gasteiger partial charge in [0.1, 0.15) is 5.75 Å². The molecule has 2 aromatic carbocycles. The van der Waals surface area contributed by atoms with Gasteiger partial charge >= 0.3 is 5.97 Å². The lowest BCUT2D eigenvalue weighted by atomic mass is 9.92. The van der Waals surface area contributed by atoms with Crippen molar-refractivity contribution >= 4 is 23.0 Å². The Kier molecular flexibility index (Phi) is 5.57. The van der Waals surface area contributed by atoms with Crippen LogP contribution < -0.4 is 15.4 Å². The van der Waals surface area contributed by atoms with Crippen molar-refractivity contribution in [2.45, 2.75) is 26.2 Å². The zero-order chi connectivity index (χ0) is 21.1. The van der Waals surface area contributed by atoms with Crippen LogP contribution >= 0.6 is 0 Å². The van der Waals surface area contributed by atoms with Crippen molar-refractivity contribution in [2.75, 3.05) is 23.8 Å². The minimum Gasteiger partial charge on any atom is -0.493 e. The second kappa shape index (κ2) is 8.45. The molecule has 0 saturated carbocycles. The summed E-state index contributed by atoms with van der Waals surface area (Å²) in [5.41, 5.74) is 6.42. The zero-order valence-corrected chi connectivity index (χ0v) is 17.1. The Balaban J connectivity index is 1.49. The number of benzene rings is 2. The molecule has 3 aromatic rings. The summed E-state index contributed by atoms with van der Waals surface area (Å²) in [5, 5.41) is 16.1. The van der Waals surface area contributed by atoms with Crippen LogP contribution in [0, 0.1) is 13.8 Å². The quantitative estimate of drug-likeness (QED) is 0.530. The van der Waals surface area contributed by atoms with Gasteiger partial charge in [-0.1, -0.05) is 12.1 Å². The van der Waals surface area contributed by atoms with Crippen molar-refractivity contribution < 1.29 is 14.6 Å². The average molecular weight is 403 g/mol. The van der Waals surface area contributed by atoms with E-state index in [1.807, 2.05) is 6.07 Å². The van der Waals surface area contributed by atoms with Crippen molar-refractivity contribution in [3.63, 3.8) is 0 Å². The van der Waals surface area contributed by atoms with Gasteiger partial charge in [0.25, 0.3) is 0 Å². The van der Waals surface area contributed by atoms with Gasteiger partial charge in [-0.25, -0.2) is 4.79 Å². The molecule has 2 heterocycles. The van der Waals surface area contributed by atoms with Crippen LogP contribution in [-0.4, -0.2) is 29.2 Å². The third-order valence-corrected chi connectivity index (χ3v) is 5.56. The van der Waals surface area contributed by atoms with E-state index in [0.29, 0.717) is 18.8 Å². The van der Waals surface area contributed by atoms with Crippen molar-refractivity contribution in [2.24, 2.45) is 0 Å². The van der Waals surface area contributed by atoms with Gasteiger partial charge in [-0.15, -0.1) is 0 Å². The van der Waals surface area contributed by atoms with E-state index in [1.165, 1.54) is 23.4 Å². The summed E-state index contributed by atoms with van der Waals surface area (Å²) in [5.74, 6) is 0.132. The van der Waals surface area contributed by atoms with E-state index in [0.717, 1.165) is 29.1 Å². The van der Waals surface area contributed by atoms with Crippen LogP contribution in [0.25, 0.3) is 0 Å². The van der Waals surface area contributed by atoms with Crippen LogP contribution in [0.4, 0.5) is 17.1 Å². The number of ether oxygens (including phenoxy) is 1. The van der Waals surface area contributed by atoms with E-state index in [9.17, 15) is 9.90 Å². The molecule has 0 bridgehead atoms. The highest BCUT2D eigenvalue weighted by Crippen LogP contribution is 2.36. The summed E-state index contributed by atoms with van der Waals surface area (Å²) in [6, 6.07) is 14.0. The first kappa shape index (κ1) is 19.8. The van der Waals surface area contributed by atoms with Crippen LogP contribution in [0.5, 0.6) is 5.75 Å². The molecule has 0 spiro atoms. The molecule has 0 saturated heterocycles. The molecule has 6 nitrogen and oxygen atoms in total. The van der Waals surface area contributed by atoms with E-state index < -0.39 is 5.97 Å². The number of carboxylic acids is 1. The third-order valence-electron chi connectivity index (χ3n) is 5.56. The number of pyridine rings is 1. The summed E-state index contributed by atoms with van der Waals surface area (Å²) in [4.78, 5) is 15.4. The second-order valence-corrected chi connectivity index (χ2v) is 7.62. The molecular weight excluding hydrogens is 378 g/mol. The molecule has 154 valence electrons. The Labute approximate surface area is 175 Å². The predicted octanol–water partition coefficient (Wildman–Crippen LogP) is 5.12. The highest BCUT2D eigenvalue weighted by molar-refractivity contribution is 5.93. The Morgan fingerprint density at radius 1 is 1.13 bits per heavy atom. The smallest absolute Gasteiger partial charge is 0.337 e. The van der Waals surface area contributed by atoms with Gasteiger partial charge < -0.3 is 20.5 Å². The molecule has 3 N–H and O–H groups in total. The van der Waals surface area contributed by atoms with E-state index in [1.54, 1.807) is 6.20 Å². The number of rotatable bonds is 6. The van der Waals surface area contributed by atoms with Crippen molar-refractivity contribution in [3.05, 3.63) is 77.1 Å². The maximum Gasteiger partial charge on any atom is 0.337 e. The normalized spacial score (nSPS) is 15.1. The highest BCUT2D eigenvalue weighted by Gasteiger charge is 2.22. The van der Waals surface area contributed by atoms with E-state index >= 15 is 0 Å². The van der Waals surface area contributed by atoms with Gasteiger partial charge in [-0.3, -0.25) is 4.98 Å². The maximum atomic E-state index is 11.4. The molecule has 0 unspecified atom stereocenters. The summed E-state index contributed by atoms with van der Waals surface area (Å²) >= 11 is 0. The lowest BCUT2D eigenvalue weighted by Gasteiger charge is -2.27. The van der Waals surface area contributed by atoms with Gasteiger partial charge in [-0.2, -0.15) is 0 Å². The number of fused-ring (bicyclic) bond motifs is 1. The van der Waals surface area contributed by atoms with Gasteiger partial charge in [0.2, 0.25) is 0 Å². The predicted molar refractivity (Wildman–Crippen MR) is 118 cm³/mol. The van der Waals surface area contributed by atoms with Crippen LogP contribution in [-0.2, 0) is 0 Å². The highest BCUT2D eigenvalue weighted by atomic mass is 16.5. The first-order chi connectivity index (χ1) is 14.5. The number of hydrogen-bond acceptors (Lipinski definition) is 5. The number of aromatic nitrogens is 1. The van der Waals surface area contributed by atoms with Gasteiger partial charge in [-0.05, 0) is 61.2 Å². The molecule has 0 aliphatic carbocycles. The zero-order valence-electron chi connectivity index (χ0n) is 17.1. The topological polar surface area (TPSA) is 83.5 Å². The van der Waals surface area contributed by atoms with Crippen LogP contribution in [0.15, 0.2) is 54.9 Å². The number of aryl methyl sites for hydroxylation is 2. The van der Waals surface area contributed by atoms with Gasteiger partial charge in [0, 0.05) is 36.1 Å². The van der Waals surface area contributed by atoms with E-state index in [2.05, 4.69) is 59.8 Å². The summed E-state index contributed by atoms with van der Waals surface area (Å²) in [6.07, 6.45) is 3.91. The Morgan fingerprint density at radius 2 is 1.93 bits per heavy atom. The van der Waals surface area contributed by atoms with Crippen LogP contribution in [0.2, 0.25) is 0 Å². The SMILES string of the molecule is Cc1ccc(Nc2ccc3c(c2)OCC[C@H]3CNc2cnccc2C(=O)O)cc1C. The lowest BCUT2D eigenvalue weighted by molar-refractivity contribution is 0.0697. The maximum absolute atomic E-state index is 11.4. The van der Waals surface area contributed by atoms with Crippen LogP contribution in [0.3, 0.4) is 0 Å². The first-order valence-corrected chi connectivity index (χ1v) is 10.0. The standard InChI is InChI=1S/C24H25N3O3/c1-15-3-4-18(11-16(15)2)27-19-5-6-20-17(8-10-30-23(20)12-19)13-26-22-14-25-9-7-21(22)24(28)29/h3-7,9,11-12,14,17,26-27H,8,10,13H2,1-2H3,(H,28,29)/t17-/m0/s1. The fraction of sp³-hybridized carbons (Fsp3) is 0.250. The molecule has 6 heteroatoms. The molecule has 4 rings (SSSR count). The lowest BCUT2D eigenvalue weighted by Crippen LogP contribution is -2.21. The van der Waals surface area contributed by atoms with Gasteiger partial charge in [0.05, 0.1) is 24.1 Å². The Morgan fingerprint density at radius 3 is 2.73 bits per heavy atom. The molecule has 30 heavy (non-hydrogen) atoms.